The molecule has 0 saturated carbocycles. The van der Waals surface area contributed by atoms with Gasteiger partial charge in [-0.2, -0.15) is 0 Å². The van der Waals surface area contributed by atoms with Crippen LogP contribution in [0.1, 0.15) is 33.1 Å². The van der Waals surface area contributed by atoms with Crippen molar-refractivity contribution in [3.05, 3.63) is 0 Å². The van der Waals surface area contributed by atoms with Gasteiger partial charge < -0.3 is 5.32 Å². The Kier molecular flexibility index (Phi) is 3.53. The minimum Gasteiger partial charge on any atom is -0.315 e. The van der Waals surface area contributed by atoms with E-state index < -0.39 is 0 Å². The van der Waals surface area contributed by atoms with Crippen LogP contribution in [0, 0.1) is 0 Å². The molecule has 2 heteroatoms. The molecule has 2 nitrogen and oxygen atoms in total. The summed E-state index contributed by atoms with van der Waals surface area (Å²) in [5.74, 6) is 0. The van der Waals surface area contributed by atoms with Gasteiger partial charge in [0, 0.05) is 12.1 Å². The van der Waals surface area contributed by atoms with Crippen LogP contribution >= 0.6 is 0 Å². The molecule has 1 atom stereocenters. The van der Waals surface area contributed by atoms with Gasteiger partial charge >= 0.3 is 0 Å². The average Bonchev–Trinajstić information content (AvgIpc) is 2.06. The summed E-state index contributed by atoms with van der Waals surface area (Å²) in [6.07, 6.45) is 3.92. The van der Waals surface area contributed by atoms with Crippen LogP contribution in [0.15, 0.2) is 0 Å². The lowest BCUT2D eigenvalue weighted by Gasteiger charge is -2.42. The van der Waals surface area contributed by atoms with Crippen LogP contribution in [0.25, 0.3) is 0 Å². The van der Waals surface area contributed by atoms with Crippen LogP contribution in [0.3, 0.4) is 0 Å². The normalized spacial score (nSPS) is 31.0. The quantitative estimate of drug-likeness (QED) is 0.690. The highest BCUT2D eigenvalue weighted by molar-refractivity contribution is 4.89. The van der Waals surface area contributed by atoms with Crippen LogP contribution in [-0.4, -0.2) is 37.1 Å². The molecule has 1 aliphatic rings. The van der Waals surface area contributed by atoms with Gasteiger partial charge in [0.05, 0.1) is 0 Å². The summed E-state index contributed by atoms with van der Waals surface area (Å²) in [7, 11) is 2.25. The second kappa shape index (κ2) is 4.24. The fraction of sp³-hybridized carbons (Fsp3) is 1.00. The van der Waals surface area contributed by atoms with Gasteiger partial charge in [-0.15, -0.1) is 0 Å². The van der Waals surface area contributed by atoms with Crippen LogP contribution in [0.5, 0.6) is 0 Å². The molecule has 1 N–H and O–H groups in total. The summed E-state index contributed by atoms with van der Waals surface area (Å²) in [6.45, 7) is 8.20. The van der Waals surface area contributed by atoms with E-state index in [1.165, 1.54) is 32.4 Å². The molecular weight excluding hydrogens is 148 g/mol. The lowest BCUT2D eigenvalue weighted by atomic mass is 9.91. The summed E-state index contributed by atoms with van der Waals surface area (Å²) >= 11 is 0. The molecule has 1 rings (SSSR count). The molecular formula is C10H22N2. The summed E-state index contributed by atoms with van der Waals surface area (Å²) in [5.41, 5.74) is 0.411. The molecule has 0 aromatic heterocycles. The molecule has 1 heterocycles. The van der Waals surface area contributed by atoms with E-state index in [0.717, 1.165) is 6.54 Å². The topological polar surface area (TPSA) is 15.3 Å². The first-order valence-electron chi connectivity index (χ1n) is 5.11. The first kappa shape index (κ1) is 10.0. The maximum absolute atomic E-state index is 3.47. The van der Waals surface area contributed by atoms with Gasteiger partial charge in [0.2, 0.25) is 0 Å². The van der Waals surface area contributed by atoms with Crippen molar-refractivity contribution in [2.75, 3.05) is 26.7 Å². The molecule has 0 aromatic rings. The molecule has 72 valence electrons. The summed E-state index contributed by atoms with van der Waals surface area (Å²) in [6, 6.07) is 0. The summed E-state index contributed by atoms with van der Waals surface area (Å²) in [5, 5.41) is 3.47. The summed E-state index contributed by atoms with van der Waals surface area (Å²) < 4.78 is 0. The Morgan fingerprint density at radius 1 is 1.50 bits per heavy atom. The predicted molar refractivity (Wildman–Crippen MR) is 53.4 cm³/mol. The Hall–Kier alpha value is -0.0800. The Bertz CT molecular complexity index is 128. The Balaban J connectivity index is 2.44. The Morgan fingerprint density at radius 2 is 2.25 bits per heavy atom. The van der Waals surface area contributed by atoms with E-state index in [1.807, 2.05) is 0 Å². The average molecular weight is 170 g/mol. The molecule has 12 heavy (non-hydrogen) atoms. The third-order valence-electron chi connectivity index (χ3n) is 3.06. The number of hydrogen-bond acceptors (Lipinski definition) is 2. The fourth-order valence-corrected chi connectivity index (χ4v) is 1.97. The van der Waals surface area contributed by atoms with Crippen LogP contribution in [-0.2, 0) is 0 Å². The molecule has 0 radical (unpaired) electrons. The molecule has 1 unspecified atom stereocenters. The number of rotatable bonds is 3. The van der Waals surface area contributed by atoms with Crippen molar-refractivity contribution in [2.45, 2.75) is 38.6 Å². The Labute approximate surface area is 76.3 Å². The zero-order chi connectivity index (χ0) is 9.03. The highest BCUT2D eigenvalue weighted by Gasteiger charge is 2.29. The maximum Gasteiger partial charge on any atom is 0.0303 e. The maximum atomic E-state index is 3.47. The van der Waals surface area contributed by atoms with Crippen molar-refractivity contribution < 1.29 is 0 Å². The van der Waals surface area contributed by atoms with Crippen molar-refractivity contribution in [3.63, 3.8) is 0 Å². The van der Waals surface area contributed by atoms with E-state index in [1.54, 1.807) is 0 Å². The second-order valence-corrected chi connectivity index (χ2v) is 4.20. The fourth-order valence-electron chi connectivity index (χ4n) is 1.97. The van der Waals surface area contributed by atoms with Gasteiger partial charge in [0.15, 0.2) is 0 Å². The third kappa shape index (κ3) is 2.20. The highest BCUT2D eigenvalue weighted by atomic mass is 15.2. The standard InChI is InChI=1S/C10H22N2/c1-4-8-12(3)10(2)6-5-7-11-9-10/h11H,4-9H2,1-3H3. The van der Waals surface area contributed by atoms with Crippen molar-refractivity contribution in [1.29, 1.82) is 0 Å². The predicted octanol–water partition coefficient (Wildman–Crippen LogP) is 1.47. The van der Waals surface area contributed by atoms with Gasteiger partial charge in [-0.25, -0.2) is 0 Å². The number of nitrogens with zero attached hydrogens (tertiary/aromatic N) is 1. The van der Waals surface area contributed by atoms with Gasteiger partial charge in [-0.3, -0.25) is 4.90 Å². The smallest absolute Gasteiger partial charge is 0.0303 e. The number of likely N-dealkylation sites (N-methyl/N-ethyl adjacent to an activating group) is 1. The lowest BCUT2D eigenvalue weighted by molar-refractivity contribution is 0.106. The van der Waals surface area contributed by atoms with E-state index in [0.29, 0.717) is 5.54 Å². The SMILES string of the molecule is CCCN(C)C1(C)CCCNC1. The van der Waals surface area contributed by atoms with Crippen LogP contribution < -0.4 is 5.32 Å². The van der Waals surface area contributed by atoms with Crippen LogP contribution in [0.2, 0.25) is 0 Å². The van der Waals surface area contributed by atoms with Gasteiger partial charge in [-0.1, -0.05) is 6.92 Å². The van der Waals surface area contributed by atoms with E-state index in [2.05, 4.69) is 31.1 Å². The monoisotopic (exact) mass is 170 g/mol. The molecule has 0 bridgehead atoms. The third-order valence-corrected chi connectivity index (χ3v) is 3.06. The zero-order valence-corrected chi connectivity index (χ0v) is 8.69. The number of hydrogen-bond donors (Lipinski definition) is 1. The molecule has 1 fully saturated rings. The van der Waals surface area contributed by atoms with Crippen molar-refractivity contribution in [3.8, 4) is 0 Å². The number of nitrogens with one attached hydrogen (secondary N) is 1. The first-order chi connectivity index (χ1) is 5.69. The minimum atomic E-state index is 0.411. The molecule has 1 aliphatic heterocycles. The van der Waals surface area contributed by atoms with Crippen LogP contribution in [0.4, 0.5) is 0 Å². The van der Waals surface area contributed by atoms with E-state index >= 15 is 0 Å². The zero-order valence-electron chi connectivity index (χ0n) is 8.69. The van der Waals surface area contributed by atoms with Gasteiger partial charge in [-0.05, 0) is 46.3 Å². The minimum absolute atomic E-state index is 0.411. The van der Waals surface area contributed by atoms with Gasteiger partial charge in [0.25, 0.3) is 0 Å². The van der Waals surface area contributed by atoms with E-state index in [9.17, 15) is 0 Å². The van der Waals surface area contributed by atoms with Crippen molar-refractivity contribution in [1.82, 2.24) is 10.2 Å². The van der Waals surface area contributed by atoms with Gasteiger partial charge in [0.1, 0.15) is 0 Å². The van der Waals surface area contributed by atoms with Crippen molar-refractivity contribution >= 4 is 0 Å². The van der Waals surface area contributed by atoms with Crippen molar-refractivity contribution in [2.24, 2.45) is 0 Å². The number of piperidine rings is 1. The molecule has 0 amide bonds. The lowest BCUT2D eigenvalue weighted by Crippen LogP contribution is -2.54. The van der Waals surface area contributed by atoms with E-state index in [4.69, 9.17) is 0 Å². The second-order valence-electron chi connectivity index (χ2n) is 4.20. The summed E-state index contributed by atoms with van der Waals surface area (Å²) in [4.78, 5) is 2.50. The molecule has 1 saturated heterocycles. The molecule has 0 aliphatic carbocycles. The Morgan fingerprint density at radius 3 is 2.75 bits per heavy atom. The van der Waals surface area contributed by atoms with E-state index in [-0.39, 0.29) is 0 Å². The largest absolute Gasteiger partial charge is 0.315 e. The molecule has 0 aromatic carbocycles. The molecule has 0 spiro atoms. The highest BCUT2D eigenvalue weighted by Crippen LogP contribution is 2.21. The first-order valence-corrected chi connectivity index (χ1v) is 5.11.